The number of carbonyl (C=O) groups is 1. The van der Waals surface area contributed by atoms with Gasteiger partial charge >= 0.3 is 5.97 Å². The van der Waals surface area contributed by atoms with Crippen LogP contribution in [0.1, 0.15) is 33.1 Å². The van der Waals surface area contributed by atoms with Crippen molar-refractivity contribution in [1.29, 1.82) is 5.26 Å². The van der Waals surface area contributed by atoms with Crippen LogP contribution < -0.4 is 0 Å². The molecule has 1 heterocycles. The van der Waals surface area contributed by atoms with E-state index in [1.165, 1.54) is 0 Å². The zero-order chi connectivity index (χ0) is 14.3. The molecule has 1 saturated heterocycles. The molecule has 0 aromatic carbocycles. The molecule has 0 spiro atoms. The third kappa shape index (κ3) is 6.55. The molecule has 0 bridgehead atoms. The highest BCUT2D eigenvalue weighted by molar-refractivity contribution is 5.69. The van der Waals surface area contributed by atoms with E-state index < -0.39 is 5.97 Å². The highest BCUT2D eigenvalue weighted by atomic mass is 16.4. The van der Waals surface area contributed by atoms with Gasteiger partial charge in [-0.2, -0.15) is 5.26 Å². The molecule has 19 heavy (non-hydrogen) atoms. The van der Waals surface area contributed by atoms with Gasteiger partial charge in [0.1, 0.15) is 0 Å². The fourth-order valence-electron chi connectivity index (χ4n) is 2.40. The Labute approximate surface area is 115 Å². The quantitative estimate of drug-likeness (QED) is 0.788. The van der Waals surface area contributed by atoms with E-state index in [1.807, 2.05) is 18.7 Å². The first-order valence-electron chi connectivity index (χ1n) is 7.01. The van der Waals surface area contributed by atoms with Crippen molar-refractivity contribution in [3.8, 4) is 6.07 Å². The minimum absolute atomic E-state index is 0.148. The van der Waals surface area contributed by atoms with E-state index in [-0.39, 0.29) is 12.0 Å². The first-order chi connectivity index (χ1) is 8.93. The predicted molar refractivity (Wildman–Crippen MR) is 73.8 cm³/mol. The molecule has 1 aliphatic heterocycles. The minimum Gasteiger partial charge on any atom is -0.480 e. The number of rotatable bonds is 6. The summed E-state index contributed by atoms with van der Waals surface area (Å²) in [5.74, 6) is -0.746. The number of carboxylic acid groups (broad SMARTS) is 1. The second-order valence-corrected chi connectivity index (χ2v) is 5.96. The average molecular weight is 267 g/mol. The summed E-state index contributed by atoms with van der Waals surface area (Å²) in [5.41, 5.74) is -0.235. The van der Waals surface area contributed by atoms with E-state index >= 15 is 0 Å². The molecule has 0 aliphatic carbocycles. The summed E-state index contributed by atoms with van der Waals surface area (Å²) in [7, 11) is 0. The van der Waals surface area contributed by atoms with Crippen LogP contribution in [0.15, 0.2) is 0 Å². The molecule has 1 fully saturated rings. The maximum atomic E-state index is 10.7. The van der Waals surface area contributed by atoms with Gasteiger partial charge in [0.2, 0.25) is 0 Å². The van der Waals surface area contributed by atoms with Crippen LogP contribution in [0.25, 0.3) is 0 Å². The van der Waals surface area contributed by atoms with Gasteiger partial charge in [-0.15, -0.1) is 0 Å². The number of carboxylic acids is 1. The zero-order valence-electron chi connectivity index (χ0n) is 12.1. The van der Waals surface area contributed by atoms with Crippen LogP contribution in [0.2, 0.25) is 0 Å². The lowest BCUT2D eigenvalue weighted by atomic mass is 9.90. The lowest BCUT2D eigenvalue weighted by molar-refractivity contribution is -0.138. The monoisotopic (exact) mass is 267 g/mol. The third-order valence-electron chi connectivity index (χ3n) is 3.62. The summed E-state index contributed by atoms with van der Waals surface area (Å²) >= 11 is 0. The van der Waals surface area contributed by atoms with Crippen LogP contribution in [0.4, 0.5) is 0 Å². The summed E-state index contributed by atoms with van der Waals surface area (Å²) in [6, 6.07) is 2.33. The summed E-state index contributed by atoms with van der Waals surface area (Å²) in [4.78, 5) is 15.1. The molecule has 5 nitrogen and oxygen atoms in total. The summed E-state index contributed by atoms with van der Waals surface area (Å²) in [6.45, 7) is 8.76. The Balaban J connectivity index is 2.26. The molecular weight excluding hydrogens is 242 g/mol. The first kappa shape index (κ1) is 15.9. The topological polar surface area (TPSA) is 67.6 Å². The number of aliphatic carboxylic acids is 1. The Kier molecular flexibility index (Phi) is 6.26. The van der Waals surface area contributed by atoms with Crippen LogP contribution in [0.5, 0.6) is 0 Å². The molecule has 0 amide bonds. The summed E-state index contributed by atoms with van der Waals surface area (Å²) in [5, 5.41) is 17.8. The number of nitrogens with zero attached hydrogens (tertiary/aromatic N) is 3. The lowest BCUT2D eigenvalue weighted by Gasteiger charge is -2.22. The Bertz CT molecular complexity index is 336. The van der Waals surface area contributed by atoms with Gasteiger partial charge in [-0.1, -0.05) is 0 Å². The molecular formula is C14H25N3O2. The predicted octanol–water partition coefficient (Wildman–Crippen LogP) is 1.41. The first-order valence-corrected chi connectivity index (χ1v) is 7.01. The molecule has 0 unspecified atom stereocenters. The molecule has 1 aliphatic rings. The average Bonchev–Trinajstić information content (AvgIpc) is 2.54. The van der Waals surface area contributed by atoms with Crippen LogP contribution in [0.3, 0.4) is 0 Å². The van der Waals surface area contributed by atoms with E-state index in [0.717, 1.165) is 52.0 Å². The maximum Gasteiger partial charge on any atom is 0.317 e. The Hall–Kier alpha value is -1.12. The normalized spacial score (nSPS) is 18.8. The second-order valence-electron chi connectivity index (χ2n) is 5.96. The van der Waals surface area contributed by atoms with E-state index in [2.05, 4.69) is 11.0 Å². The molecule has 0 atom stereocenters. The third-order valence-corrected chi connectivity index (χ3v) is 3.62. The largest absolute Gasteiger partial charge is 0.480 e. The molecule has 0 aromatic rings. The van der Waals surface area contributed by atoms with Crippen LogP contribution in [-0.4, -0.2) is 60.1 Å². The fourth-order valence-corrected chi connectivity index (χ4v) is 2.40. The SMILES string of the molecule is CC(C)(C#N)CCCN1CCCN(CC(=O)O)CC1. The van der Waals surface area contributed by atoms with Crippen LogP contribution >= 0.6 is 0 Å². The van der Waals surface area contributed by atoms with Gasteiger partial charge in [0.15, 0.2) is 0 Å². The fraction of sp³-hybridized carbons (Fsp3) is 0.857. The van der Waals surface area contributed by atoms with Crippen molar-refractivity contribution in [1.82, 2.24) is 9.80 Å². The summed E-state index contributed by atoms with van der Waals surface area (Å²) in [6.07, 6.45) is 2.97. The molecule has 0 saturated carbocycles. The lowest BCUT2D eigenvalue weighted by Crippen LogP contribution is -2.34. The van der Waals surface area contributed by atoms with Gasteiger partial charge in [-0.3, -0.25) is 9.69 Å². The van der Waals surface area contributed by atoms with Crippen LogP contribution in [-0.2, 0) is 4.79 Å². The van der Waals surface area contributed by atoms with Crippen molar-refractivity contribution in [2.45, 2.75) is 33.1 Å². The smallest absolute Gasteiger partial charge is 0.317 e. The molecule has 108 valence electrons. The van der Waals surface area contributed by atoms with Gasteiger partial charge in [0.05, 0.1) is 18.0 Å². The highest BCUT2D eigenvalue weighted by Gasteiger charge is 2.19. The van der Waals surface area contributed by atoms with Crippen molar-refractivity contribution in [2.75, 3.05) is 39.3 Å². The van der Waals surface area contributed by atoms with Gasteiger partial charge in [-0.25, -0.2) is 0 Å². The second kappa shape index (κ2) is 7.46. The number of nitriles is 1. The van der Waals surface area contributed by atoms with E-state index in [9.17, 15) is 4.79 Å². The molecule has 5 heteroatoms. The van der Waals surface area contributed by atoms with Gasteiger partial charge in [-0.05, 0) is 46.2 Å². The summed E-state index contributed by atoms with van der Waals surface area (Å²) < 4.78 is 0. The molecule has 1 rings (SSSR count). The van der Waals surface area contributed by atoms with Crippen molar-refractivity contribution < 1.29 is 9.90 Å². The van der Waals surface area contributed by atoms with Crippen LogP contribution in [0, 0.1) is 16.7 Å². The van der Waals surface area contributed by atoms with E-state index in [0.29, 0.717) is 0 Å². The molecule has 1 N–H and O–H groups in total. The van der Waals surface area contributed by atoms with Crippen molar-refractivity contribution >= 4 is 5.97 Å². The Morgan fingerprint density at radius 3 is 2.53 bits per heavy atom. The standard InChI is InChI=1S/C14H25N3O2/c1-14(2,12-15)5-3-6-16-7-4-8-17(10-9-16)11-13(18)19/h3-11H2,1-2H3,(H,18,19). The number of hydrogen-bond donors (Lipinski definition) is 1. The van der Waals surface area contributed by atoms with Gasteiger partial charge in [0.25, 0.3) is 0 Å². The van der Waals surface area contributed by atoms with E-state index in [1.54, 1.807) is 0 Å². The number of hydrogen-bond acceptors (Lipinski definition) is 4. The molecule has 0 radical (unpaired) electrons. The van der Waals surface area contributed by atoms with Gasteiger partial charge < -0.3 is 10.0 Å². The minimum atomic E-state index is -0.746. The van der Waals surface area contributed by atoms with Gasteiger partial charge in [0, 0.05) is 19.6 Å². The van der Waals surface area contributed by atoms with Crippen molar-refractivity contribution in [3.63, 3.8) is 0 Å². The highest BCUT2D eigenvalue weighted by Crippen LogP contribution is 2.20. The molecule has 0 aromatic heterocycles. The Morgan fingerprint density at radius 2 is 1.89 bits per heavy atom. The van der Waals surface area contributed by atoms with Crippen molar-refractivity contribution in [3.05, 3.63) is 0 Å². The van der Waals surface area contributed by atoms with Crippen molar-refractivity contribution in [2.24, 2.45) is 5.41 Å². The Morgan fingerprint density at radius 1 is 1.26 bits per heavy atom. The zero-order valence-corrected chi connectivity index (χ0v) is 12.1. The maximum absolute atomic E-state index is 10.7. The van der Waals surface area contributed by atoms with E-state index in [4.69, 9.17) is 10.4 Å².